The van der Waals surface area contributed by atoms with Crippen molar-refractivity contribution in [3.8, 4) is 27.7 Å². The summed E-state index contributed by atoms with van der Waals surface area (Å²) in [5, 5.41) is 0.382. The molecule has 0 bridgehead atoms. The third-order valence-corrected chi connectivity index (χ3v) is 7.43. The summed E-state index contributed by atoms with van der Waals surface area (Å²) in [4.78, 5) is 40.9. The highest BCUT2D eigenvalue weighted by Gasteiger charge is 2.23. The van der Waals surface area contributed by atoms with Gasteiger partial charge in [-0.2, -0.15) is 0 Å². The molecule has 4 rings (SSSR count). The third kappa shape index (κ3) is 4.97. The van der Waals surface area contributed by atoms with E-state index in [1.165, 1.54) is 23.0 Å². The minimum absolute atomic E-state index is 0.119. The lowest BCUT2D eigenvalue weighted by Gasteiger charge is -2.14. The fourth-order valence-electron chi connectivity index (χ4n) is 4.18. The summed E-state index contributed by atoms with van der Waals surface area (Å²) in [7, 11) is 4.69. The first kappa shape index (κ1) is 26.0. The van der Waals surface area contributed by atoms with E-state index in [1.54, 1.807) is 33.3 Å². The average molecular weight is 525 g/mol. The van der Waals surface area contributed by atoms with E-state index in [2.05, 4.69) is 0 Å². The second-order valence-electron chi connectivity index (χ2n) is 8.21. The van der Waals surface area contributed by atoms with E-state index in [-0.39, 0.29) is 13.2 Å². The molecule has 0 unspecified atom stereocenters. The van der Waals surface area contributed by atoms with Gasteiger partial charge in [0.25, 0.3) is 5.56 Å². The number of carbonyl (C=O) groups excluding carboxylic acids is 1. The second-order valence-corrected chi connectivity index (χ2v) is 9.21. The lowest BCUT2D eigenvalue weighted by atomic mass is 10.1. The predicted octanol–water partition coefficient (Wildman–Crippen LogP) is 3.84. The van der Waals surface area contributed by atoms with Crippen LogP contribution in [0.1, 0.15) is 18.1 Å². The zero-order valence-electron chi connectivity index (χ0n) is 21.3. The normalized spacial score (nSPS) is 10.9. The smallest absolute Gasteiger partial charge is 0.332 e. The van der Waals surface area contributed by atoms with E-state index in [0.717, 1.165) is 20.6 Å². The van der Waals surface area contributed by atoms with Gasteiger partial charge in [0.2, 0.25) is 0 Å². The summed E-state index contributed by atoms with van der Waals surface area (Å²) in [5.41, 5.74) is 1.19. The van der Waals surface area contributed by atoms with E-state index in [1.807, 2.05) is 37.3 Å². The largest absolute Gasteiger partial charge is 0.497 e. The van der Waals surface area contributed by atoms with Crippen LogP contribution < -0.4 is 25.5 Å². The highest BCUT2D eigenvalue weighted by Crippen LogP contribution is 2.37. The van der Waals surface area contributed by atoms with Crippen molar-refractivity contribution in [2.75, 3.05) is 27.9 Å². The molecule has 0 aliphatic rings. The highest BCUT2D eigenvalue weighted by atomic mass is 32.1. The molecule has 37 heavy (non-hydrogen) atoms. The van der Waals surface area contributed by atoms with Gasteiger partial charge in [-0.25, -0.2) is 9.36 Å². The van der Waals surface area contributed by atoms with E-state index in [0.29, 0.717) is 33.0 Å². The number of ether oxygens (including phenoxy) is 4. The Morgan fingerprint density at radius 3 is 2.22 bits per heavy atom. The molecular formula is C27H28N2O7S. The number of hydrogen-bond donors (Lipinski definition) is 0. The van der Waals surface area contributed by atoms with Gasteiger partial charge in [0.1, 0.15) is 28.6 Å². The third-order valence-electron chi connectivity index (χ3n) is 6.06. The van der Waals surface area contributed by atoms with Crippen LogP contribution in [0.15, 0.2) is 52.1 Å². The Hall–Kier alpha value is -4.05. The Balaban J connectivity index is 1.97. The van der Waals surface area contributed by atoms with Gasteiger partial charge < -0.3 is 18.9 Å². The summed E-state index contributed by atoms with van der Waals surface area (Å²) >= 11 is 1.35. The van der Waals surface area contributed by atoms with Crippen molar-refractivity contribution in [2.45, 2.75) is 26.9 Å². The van der Waals surface area contributed by atoms with Crippen LogP contribution in [0.2, 0.25) is 0 Å². The molecule has 0 aliphatic heterocycles. The van der Waals surface area contributed by atoms with Crippen LogP contribution in [0.5, 0.6) is 17.2 Å². The van der Waals surface area contributed by atoms with Gasteiger partial charge in [0.15, 0.2) is 0 Å². The van der Waals surface area contributed by atoms with Gasteiger partial charge in [0, 0.05) is 16.5 Å². The standard InChI is InChI=1S/C27H28N2O7S/c1-6-36-22(30)15-28-25(31)23-16(2)24(17-7-10-19(33-3)11-8-17)37-26(23)29(27(28)32)14-18-9-12-20(34-4)13-21(18)35-5/h7-13H,6,14-15H2,1-5H3. The fourth-order valence-corrected chi connectivity index (χ4v) is 5.48. The van der Waals surface area contributed by atoms with Gasteiger partial charge in [-0.15, -0.1) is 11.3 Å². The molecular weight excluding hydrogens is 496 g/mol. The van der Waals surface area contributed by atoms with Crippen molar-refractivity contribution in [3.05, 3.63) is 74.4 Å². The molecule has 0 aliphatic carbocycles. The molecule has 194 valence electrons. The van der Waals surface area contributed by atoms with Crippen molar-refractivity contribution < 1.29 is 23.7 Å². The number of rotatable bonds is 9. The van der Waals surface area contributed by atoms with E-state index in [9.17, 15) is 14.4 Å². The molecule has 0 radical (unpaired) electrons. The van der Waals surface area contributed by atoms with Crippen molar-refractivity contribution in [3.63, 3.8) is 0 Å². The summed E-state index contributed by atoms with van der Waals surface area (Å²) in [6, 6.07) is 12.8. The lowest BCUT2D eigenvalue weighted by Crippen LogP contribution is -2.42. The summed E-state index contributed by atoms with van der Waals surface area (Å²) in [5.74, 6) is 1.20. The summed E-state index contributed by atoms with van der Waals surface area (Å²) < 4.78 is 23.6. The molecule has 0 saturated carbocycles. The predicted molar refractivity (Wildman–Crippen MR) is 142 cm³/mol. The molecule has 0 fully saturated rings. The number of methoxy groups -OCH3 is 3. The number of fused-ring (bicyclic) bond motifs is 1. The molecule has 2 heterocycles. The van der Waals surface area contributed by atoms with Crippen LogP contribution >= 0.6 is 11.3 Å². The zero-order valence-corrected chi connectivity index (χ0v) is 22.1. The van der Waals surface area contributed by atoms with E-state index < -0.39 is 23.8 Å². The van der Waals surface area contributed by atoms with Crippen LogP contribution in [-0.4, -0.2) is 43.0 Å². The maximum atomic E-state index is 13.7. The molecule has 10 heteroatoms. The van der Waals surface area contributed by atoms with Gasteiger partial charge in [0.05, 0.1) is 39.9 Å². The van der Waals surface area contributed by atoms with Crippen molar-refractivity contribution in [2.24, 2.45) is 0 Å². The molecule has 0 N–H and O–H groups in total. The number of aromatic nitrogens is 2. The van der Waals surface area contributed by atoms with Gasteiger partial charge in [-0.3, -0.25) is 14.2 Å². The molecule has 2 aromatic carbocycles. The Labute approximate surface area is 217 Å². The van der Waals surface area contributed by atoms with E-state index >= 15 is 0 Å². The number of thiophene rings is 1. The van der Waals surface area contributed by atoms with Crippen LogP contribution in [0.25, 0.3) is 20.7 Å². The van der Waals surface area contributed by atoms with Gasteiger partial charge in [-0.1, -0.05) is 0 Å². The lowest BCUT2D eigenvalue weighted by molar-refractivity contribution is -0.143. The molecule has 0 spiro atoms. The van der Waals surface area contributed by atoms with Crippen molar-refractivity contribution >= 4 is 27.5 Å². The quantitative estimate of drug-likeness (QED) is 0.307. The molecule has 9 nitrogen and oxygen atoms in total. The minimum Gasteiger partial charge on any atom is -0.497 e. The molecule has 0 saturated heterocycles. The summed E-state index contributed by atoms with van der Waals surface area (Å²) in [6.07, 6.45) is 0. The van der Waals surface area contributed by atoms with Gasteiger partial charge in [-0.05, 0) is 61.4 Å². The average Bonchev–Trinajstić information content (AvgIpc) is 3.26. The molecule has 2 aromatic heterocycles. The molecule has 4 aromatic rings. The van der Waals surface area contributed by atoms with Crippen LogP contribution in [0, 0.1) is 6.92 Å². The van der Waals surface area contributed by atoms with Crippen molar-refractivity contribution in [1.82, 2.24) is 9.13 Å². The number of nitrogens with zero attached hydrogens (tertiary/aromatic N) is 2. The Kier molecular flexibility index (Phi) is 7.68. The first-order valence-corrected chi connectivity index (χ1v) is 12.4. The number of hydrogen-bond acceptors (Lipinski definition) is 8. The molecule has 0 amide bonds. The van der Waals surface area contributed by atoms with Crippen LogP contribution in [-0.2, 0) is 22.6 Å². The SMILES string of the molecule is CCOC(=O)Cn1c(=O)c2c(C)c(-c3ccc(OC)cc3)sc2n(Cc2ccc(OC)cc2OC)c1=O. The zero-order chi connectivity index (χ0) is 26.7. The number of benzene rings is 2. The Morgan fingerprint density at radius 1 is 0.919 bits per heavy atom. The maximum absolute atomic E-state index is 13.7. The first-order chi connectivity index (χ1) is 17.8. The monoisotopic (exact) mass is 524 g/mol. The van der Waals surface area contributed by atoms with Gasteiger partial charge >= 0.3 is 11.7 Å². The topological polar surface area (TPSA) is 98.0 Å². The van der Waals surface area contributed by atoms with Crippen LogP contribution in [0.4, 0.5) is 0 Å². The fraction of sp³-hybridized carbons (Fsp3) is 0.296. The first-order valence-electron chi connectivity index (χ1n) is 11.6. The summed E-state index contributed by atoms with van der Waals surface area (Å²) in [6.45, 7) is 3.30. The van der Waals surface area contributed by atoms with Crippen molar-refractivity contribution in [1.29, 1.82) is 0 Å². The highest BCUT2D eigenvalue weighted by molar-refractivity contribution is 7.22. The van der Waals surface area contributed by atoms with E-state index in [4.69, 9.17) is 18.9 Å². The molecule has 0 atom stereocenters. The maximum Gasteiger partial charge on any atom is 0.332 e. The second kappa shape index (κ2) is 10.9. The van der Waals surface area contributed by atoms with Crippen LogP contribution in [0.3, 0.4) is 0 Å². The minimum atomic E-state index is -0.655. The Bertz CT molecular complexity index is 1570. The Morgan fingerprint density at radius 2 is 1.59 bits per heavy atom. The number of esters is 1. The number of aryl methyl sites for hydroxylation is 1. The number of carbonyl (C=O) groups is 1.